The van der Waals surface area contributed by atoms with Crippen molar-refractivity contribution in [1.29, 1.82) is 0 Å². The largest absolute Gasteiger partial charge is 0.497 e. The molecular formula is C18H17N3O2S2. The van der Waals surface area contributed by atoms with Crippen LogP contribution in [0.5, 0.6) is 5.75 Å². The lowest BCUT2D eigenvalue weighted by molar-refractivity contribution is -0.115. The summed E-state index contributed by atoms with van der Waals surface area (Å²) in [5.74, 6) is 1.40. The number of ether oxygens (including phenoxy) is 1. The minimum absolute atomic E-state index is 0.108. The average molecular weight is 371 g/mol. The number of hydrogen-bond donors (Lipinski definition) is 1. The first kappa shape index (κ1) is 17.4. The number of carbonyl (C=O) groups is 1. The van der Waals surface area contributed by atoms with E-state index in [-0.39, 0.29) is 12.3 Å². The molecule has 0 spiro atoms. The van der Waals surface area contributed by atoms with Crippen LogP contribution in [0.2, 0.25) is 0 Å². The van der Waals surface area contributed by atoms with E-state index in [1.165, 1.54) is 16.2 Å². The van der Waals surface area contributed by atoms with Gasteiger partial charge in [0.2, 0.25) is 11.0 Å². The minimum Gasteiger partial charge on any atom is -0.497 e. The smallest absolute Gasteiger partial charge is 0.230 e. The molecular weight excluding hydrogens is 354 g/mol. The number of thioether (sulfide) groups is 1. The second-order valence-electron chi connectivity index (χ2n) is 5.18. The Morgan fingerprint density at radius 1 is 1.12 bits per heavy atom. The minimum atomic E-state index is -0.108. The molecule has 3 aromatic rings. The molecule has 0 atom stereocenters. The molecule has 7 heteroatoms. The Balaban J connectivity index is 1.50. The second-order valence-corrected chi connectivity index (χ2v) is 7.29. The fourth-order valence-corrected chi connectivity index (χ4v) is 3.78. The maximum absolute atomic E-state index is 12.1. The Labute approximate surface area is 154 Å². The summed E-state index contributed by atoms with van der Waals surface area (Å²) in [5.41, 5.74) is 0.919. The number of rotatable bonds is 7. The fourth-order valence-electron chi connectivity index (χ4n) is 2.12. The molecule has 1 heterocycles. The van der Waals surface area contributed by atoms with Gasteiger partial charge < -0.3 is 10.1 Å². The van der Waals surface area contributed by atoms with Gasteiger partial charge in [0.1, 0.15) is 10.8 Å². The van der Waals surface area contributed by atoms with Crippen LogP contribution in [0.25, 0.3) is 0 Å². The monoisotopic (exact) mass is 371 g/mol. The Bertz CT molecular complexity index is 820. The van der Waals surface area contributed by atoms with Crippen molar-refractivity contribution in [2.45, 2.75) is 17.1 Å². The molecule has 5 nitrogen and oxygen atoms in total. The highest BCUT2D eigenvalue weighted by Gasteiger charge is 2.09. The zero-order valence-electron chi connectivity index (χ0n) is 13.6. The summed E-state index contributed by atoms with van der Waals surface area (Å²) < 4.78 is 5.11. The van der Waals surface area contributed by atoms with Gasteiger partial charge in [-0.1, -0.05) is 41.7 Å². The van der Waals surface area contributed by atoms with E-state index in [4.69, 9.17) is 4.74 Å². The van der Waals surface area contributed by atoms with Crippen LogP contribution in [0.1, 0.15) is 10.6 Å². The Morgan fingerprint density at radius 2 is 1.88 bits per heavy atom. The molecule has 128 valence electrons. The fraction of sp³-hybridized carbons (Fsp3) is 0.167. The zero-order valence-corrected chi connectivity index (χ0v) is 15.3. The third kappa shape index (κ3) is 5.30. The number of nitrogens with zero attached hydrogens (tertiary/aromatic N) is 2. The van der Waals surface area contributed by atoms with Crippen LogP contribution in [-0.2, 0) is 17.0 Å². The predicted octanol–water partition coefficient (Wildman–Crippen LogP) is 4.02. The van der Waals surface area contributed by atoms with Gasteiger partial charge in [-0.2, -0.15) is 0 Å². The van der Waals surface area contributed by atoms with E-state index in [9.17, 15) is 4.79 Å². The van der Waals surface area contributed by atoms with Crippen molar-refractivity contribution in [3.05, 3.63) is 65.2 Å². The first-order valence-corrected chi connectivity index (χ1v) is 9.46. The summed E-state index contributed by atoms with van der Waals surface area (Å²) >= 11 is 3.10. The molecule has 1 N–H and O–H groups in total. The van der Waals surface area contributed by atoms with Crippen LogP contribution in [0.15, 0.2) is 59.5 Å². The highest BCUT2D eigenvalue weighted by atomic mass is 32.2. The molecule has 1 aromatic heterocycles. The maximum Gasteiger partial charge on any atom is 0.230 e. The van der Waals surface area contributed by atoms with Crippen LogP contribution < -0.4 is 10.1 Å². The van der Waals surface area contributed by atoms with Gasteiger partial charge in [-0.05, 0) is 29.8 Å². The summed E-state index contributed by atoms with van der Waals surface area (Å²) in [5, 5.41) is 12.4. The number of nitrogens with one attached hydrogen (secondary N) is 1. The normalized spacial score (nSPS) is 10.4. The van der Waals surface area contributed by atoms with Gasteiger partial charge in [-0.25, -0.2) is 0 Å². The molecule has 0 unspecified atom stereocenters. The van der Waals surface area contributed by atoms with Crippen LogP contribution in [0, 0.1) is 0 Å². The molecule has 0 saturated carbocycles. The van der Waals surface area contributed by atoms with Gasteiger partial charge in [0.05, 0.1) is 19.3 Å². The number of aromatic nitrogens is 2. The first-order valence-electron chi connectivity index (χ1n) is 7.66. The van der Waals surface area contributed by atoms with E-state index < -0.39 is 0 Å². The number of amides is 1. The highest BCUT2D eigenvalue weighted by molar-refractivity contribution is 7.98. The van der Waals surface area contributed by atoms with Crippen LogP contribution in [0.4, 0.5) is 5.13 Å². The van der Waals surface area contributed by atoms with E-state index in [0.717, 1.165) is 22.1 Å². The van der Waals surface area contributed by atoms with Gasteiger partial charge >= 0.3 is 0 Å². The van der Waals surface area contributed by atoms with E-state index in [1.54, 1.807) is 18.9 Å². The molecule has 1 amide bonds. The summed E-state index contributed by atoms with van der Waals surface area (Å²) in [4.78, 5) is 13.3. The Morgan fingerprint density at radius 3 is 2.60 bits per heavy atom. The lowest BCUT2D eigenvalue weighted by Crippen LogP contribution is -2.14. The number of hydrogen-bond acceptors (Lipinski definition) is 6. The van der Waals surface area contributed by atoms with E-state index >= 15 is 0 Å². The molecule has 0 saturated heterocycles. The third-order valence-electron chi connectivity index (χ3n) is 3.34. The van der Waals surface area contributed by atoms with Crippen LogP contribution in [0.3, 0.4) is 0 Å². The standard InChI is InChI=1S/C18H17N3O2S2/c1-23-14-9-7-13(8-10-14)11-16(22)19-18-21-20-17(25-18)12-24-15-5-3-2-4-6-15/h2-10H,11-12H2,1H3,(H,19,21,22). The van der Waals surface area contributed by atoms with E-state index in [2.05, 4.69) is 27.6 Å². The van der Waals surface area contributed by atoms with Crippen LogP contribution >= 0.6 is 23.1 Å². The summed E-state index contributed by atoms with van der Waals surface area (Å²) in [7, 11) is 1.62. The topological polar surface area (TPSA) is 64.1 Å². The van der Waals surface area contributed by atoms with Gasteiger partial charge in [0.25, 0.3) is 0 Å². The summed E-state index contributed by atoms with van der Waals surface area (Å²) in [6.45, 7) is 0. The molecule has 0 fully saturated rings. The van der Waals surface area contributed by atoms with Crippen molar-refractivity contribution < 1.29 is 9.53 Å². The Kier molecular flexibility index (Phi) is 6.03. The van der Waals surface area contributed by atoms with Crippen molar-refractivity contribution in [1.82, 2.24) is 10.2 Å². The molecule has 0 radical (unpaired) electrons. The highest BCUT2D eigenvalue weighted by Crippen LogP contribution is 2.25. The molecule has 0 aliphatic rings. The number of anilines is 1. The van der Waals surface area contributed by atoms with Crippen molar-refractivity contribution in [3.63, 3.8) is 0 Å². The molecule has 2 aromatic carbocycles. The van der Waals surface area contributed by atoms with Gasteiger partial charge in [0.15, 0.2) is 0 Å². The molecule has 0 aliphatic carbocycles. The molecule has 0 bridgehead atoms. The zero-order chi connectivity index (χ0) is 17.5. The lowest BCUT2D eigenvalue weighted by Gasteiger charge is -2.03. The lowest BCUT2D eigenvalue weighted by atomic mass is 10.1. The van der Waals surface area contributed by atoms with Gasteiger partial charge in [-0.15, -0.1) is 22.0 Å². The predicted molar refractivity (Wildman–Crippen MR) is 101 cm³/mol. The molecule has 25 heavy (non-hydrogen) atoms. The van der Waals surface area contributed by atoms with Gasteiger partial charge in [-0.3, -0.25) is 4.79 Å². The number of benzene rings is 2. The molecule has 0 aliphatic heterocycles. The van der Waals surface area contributed by atoms with E-state index in [1.807, 2.05) is 42.5 Å². The maximum atomic E-state index is 12.1. The average Bonchev–Trinajstić information content (AvgIpc) is 3.08. The molecule has 3 rings (SSSR count). The van der Waals surface area contributed by atoms with Gasteiger partial charge in [0, 0.05) is 4.90 Å². The second kappa shape index (κ2) is 8.64. The van der Waals surface area contributed by atoms with Crippen molar-refractivity contribution >= 4 is 34.1 Å². The summed E-state index contributed by atoms with van der Waals surface area (Å²) in [6.07, 6.45) is 0.289. The van der Waals surface area contributed by atoms with Crippen molar-refractivity contribution in [3.8, 4) is 5.75 Å². The Hall–Kier alpha value is -2.38. The summed E-state index contributed by atoms with van der Waals surface area (Å²) in [6, 6.07) is 17.6. The van der Waals surface area contributed by atoms with Crippen LogP contribution in [-0.4, -0.2) is 23.2 Å². The number of carbonyl (C=O) groups excluding carboxylic acids is 1. The number of methoxy groups -OCH3 is 1. The van der Waals surface area contributed by atoms with Crippen molar-refractivity contribution in [2.75, 3.05) is 12.4 Å². The SMILES string of the molecule is COc1ccc(CC(=O)Nc2nnc(CSc3ccccc3)s2)cc1. The first-order chi connectivity index (χ1) is 12.2. The van der Waals surface area contributed by atoms with Crippen molar-refractivity contribution in [2.24, 2.45) is 0 Å². The quantitative estimate of drug-likeness (QED) is 0.636. The van der Waals surface area contributed by atoms with E-state index in [0.29, 0.717) is 5.13 Å². The third-order valence-corrected chi connectivity index (χ3v) is 5.39.